The summed E-state index contributed by atoms with van der Waals surface area (Å²) in [6, 6.07) is 16.6. The molecule has 1 aliphatic rings. The normalized spacial score (nSPS) is 16.4. The van der Waals surface area contributed by atoms with Gasteiger partial charge in [-0.05, 0) is 42.0 Å². The van der Waals surface area contributed by atoms with E-state index in [0.29, 0.717) is 12.5 Å². The van der Waals surface area contributed by atoms with Gasteiger partial charge in [-0.1, -0.05) is 42.5 Å². The first-order valence-electron chi connectivity index (χ1n) is 7.48. The standard InChI is InChI=1S/C17H20N2O2S/c18-12-17(14-9-10-14)19-22(20,21)16-8-4-7-15(11-16)13-5-2-1-3-6-13/h1-8,11,14,17,19H,9-10,12,18H2. The second-order valence-corrected chi connectivity index (χ2v) is 7.41. The zero-order valence-corrected chi connectivity index (χ0v) is 13.1. The number of nitrogens with one attached hydrogen (secondary N) is 1. The van der Waals surface area contributed by atoms with Gasteiger partial charge in [0.05, 0.1) is 4.90 Å². The molecule has 22 heavy (non-hydrogen) atoms. The van der Waals surface area contributed by atoms with Crippen LogP contribution >= 0.6 is 0 Å². The maximum atomic E-state index is 12.6. The van der Waals surface area contributed by atoms with Gasteiger partial charge in [0.2, 0.25) is 10.0 Å². The molecule has 0 saturated heterocycles. The van der Waals surface area contributed by atoms with Crippen molar-refractivity contribution in [2.75, 3.05) is 6.54 Å². The number of nitrogens with two attached hydrogens (primary N) is 1. The minimum atomic E-state index is -3.54. The van der Waals surface area contributed by atoms with Gasteiger partial charge in [-0.25, -0.2) is 13.1 Å². The Hall–Kier alpha value is -1.69. The Morgan fingerprint density at radius 2 is 1.73 bits per heavy atom. The summed E-state index contributed by atoms with van der Waals surface area (Å²) in [5.74, 6) is 0.386. The van der Waals surface area contributed by atoms with Crippen LogP contribution in [0.5, 0.6) is 0 Å². The number of benzene rings is 2. The molecule has 116 valence electrons. The Kier molecular flexibility index (Phi) is 4.29. The van der Waals surface area contributed by atoms with Crippen molar-refractivity contribution < 1.29 is 8.42 Å². The van der Waals surface area contributed by atoms with Gasteiger partial charge < -0.3 is 5.73 Å². The Morgan fingerprint density at radius 1 is 1.05 bits per heavy atom. The van der Waals surface area contributed by atoms with Gasteiger partial charge in [-0.15, -0.1) is 0 Å². The second kappa shape index (κ2) is 6.20. The molecule has 1 aliphatic carbocycles. The van der Waals surface area contributed by atoms with Crippen LogP contribution in [0.25, 0.3) is 11.1 Å². The Morgan fingerprint density at radius 3 is 2.36 bits per heavy atom. The summed E-state index contributed by atoms with van der Waals surface area (Å²) < 4.78 is 27.8. The van der Waals surface area contributed by atoms with E-state index in [1.54, 1.807) is 18.2 Å². The maximum absolute atomic E-state index is 12.6. The van der Waals surface area contributed by atoms with Crippen LogP contribution in [0.2, 0.25) is 0 Å². The molecular weight excluding hydrogens is 296 g/mol. The van der Waals surface area contributed by atoms with Crippen molar-refractivity contribution >= 4 is 10.0 Å². The Labute approximate surface area is 131 Å². The van der Waals surface area contributed by atoms with Crippen LogP contribution in [0.15, 0.2) is 59.5 Å². The quantitative estimate of drug-likeness (QED) is 0.859. The predicted octanol–water partition coefficient (Wildman–Crippen LogP) is 2.37. The van der Waals surface area contributed by atoms with E-state index < -0.39 is 10.0 Å². The number of hydrogen-bond acceptors (Lipinski definition) is 3. The van der Waals surface area contributed by atoms with Crippen LogP contribution in [0.4, 0.5) is 0 Å². The third-order valence-corrected chi connectivity index (χ3v) is 5.49. The molecule has 2 aromatic carbocycles. The smallest absolute Gasteiger partial charge is 0.240 e. The Bertz CT molecular complexity index is 740. The van der Waals surface area contributed by atoms with Gasteiger partial charge in [0.1, 0.15) is 0 Å². The molecule has 0 spiro atoms. The highest BCUT2D eigenvalue weighted by atomic mass is 32.2. The summed E-state index contributed by atoms with van der Waals surface area (Å²) in [6.45, 7) is 0.336. The first-order chi connectivity index (χ1) is 10.6. The molecule has 0 amide bonds. The molecule has 0 aliphatic heterocycles. The van der Waals surface area contributed by atoms with Crippen molar-refractivity contribution in [2.45, 2.75) is 23.8 Å². The van der Waals surface area contributed by atoms with Crippen molar-refractivity contribution in [1.29, 1.82) is 0 Å². The fraction of sp³-hybridized carbons (Fsp3) is 0.294. The summed E-state index contributed by atoms with van der Waals surface area (Å²) in [4.78, 5) is 0.285. The van der Waals surface area contributed by atoms with Crippen LogP contribution in [0, 0.1) is 5.92 Å². The molecule has 0 aromatic heterocycles. The van der Waals surface area contributed by atoms with Gasteiger partial charge >= 0.3 is 0 Å². The molecule has 1 fully saturated rings. The number of rotatable bonds is 6. The van der Waals surface area contributed by atoms with Crippen LogP contribution in [0.3, 0.4) is 0 Å². The third-order valence-electron chi connectivity index (χ3n) is 4.00. The van der Waals surface area contributed by atoms with E-state index in [1.165, 1.54) is 0 Å². The largest absolute Gasteiger partial charge is 0.329 e. The molecule has 3 rings (SSSR count). The fourth-order valence-electron chi connectivity index (χ4n) is 2.58. The molecule has 2 aromatic rings. The van der Waals surface area contributed by atoms with Gasteiger partial charge in [0.25, 0.3) is 0 Å². The molecule has 3 N–H and O–H groups in total. The average molecular weight is 316 g/mol. The van der Waals surface area contributed by atoms with Gasteiger partial charge in [-0.2, -0.15) is 0 Å². The molecule has 0 heterocycles. The summed E-state index contributed by atoms with van der Waals surface area (Å²) in [5.41, 5.74) is 7.58. The van der Waals surface area contributed by atoms with E-state index in [4.69, 9.17) is 5.73 Å². The van der Waals surface area contributed by atoms with Gasteiger partial charge in [0, 0.05) is 12.6 Å². The summed E-state index contributed by atoms with van der Waals surface area (Å²) in [5, 5.41) is 0. The lowest BCUT2D eigenvalue weighted by Gasteiger charge is -2.16. The SMILES string of the molecule is NCC(NS(=O)(=O)c1cccc(-c2ccccc2)c1)C1CC1. The number of sulfonamides is 1. The molecule has 1 atom stereocenters. The molecule has 1 saturated carbocycles. The zero-order chi connectivity index (χ0) is 15.6. The lowest BCUT2D eigenvalue weighted by molar-refractivity contribution is 0.519. The van der Waals surface area contributed by atoms with Crippen molar-refractivity contribution in [3.05, 3.63) is 54.6 Å². The molecular formula is C17H20N2O2S. The molecule has 4 nitrogen and oxygen atoms in total. The number of hydrogen-bond donors (Lipinski definition) is 2. The lowest BCUT2D eigenvalue weighted by Crippen LogP contribution is -2.41. The van der Waals surface area contributed by atoms with Gasteiger partial charge in [-0.3, -0.25) is 0 Å². The summed E-state index contributed by atoms with van der Waals surface area (Å²) in [6.07, 6.45) is 2.10. The molecule has 0 radical (unpaired) electrons. The average Bonchev–Trinajstić information content (AvgIpc) is 3.38. The molecule has 1 unspecified atom stereocenters. The minimum absolute atomic E-state index is 0.162. The Balaban J connectivity index is 1.87. The first kappa shape index (κ1) is 15.2. The predicted molar refractivity (Wildman–Crippen MR) is 87.8 cm³/mol. The van der Waals surface area contributed by atoms with Crippen LogP contribution in [-0.2, 0) is 10.0 Å². The molecule has 0 bridgehead atoms. The topological polar surface area (TPSA) is 72.2 Å². The molecule has 5 heteroatoms. The highest BCUT2D eigenvalue weighted by Gasteiger charge is 2.33. The van der Waals surface area contributed by atoms with E-state index in [2.05, 4.69) is 4.72 Å². The van der Waals surface area contributed by atoms with E-state index in [-0.39, 0.29) is 10.9 Å². The van der Waals surface area contributed by atoms with Crippen molar-refractivity contribution in [2.24, 2.45) is 11.7 Å². The second-order valence-electron chi connectivity index (χ2n) is 5.69. The third kappa shape index (κ3) is 3.38. The van der Waals surface area contributed by atoms with Crippen molar-refractivity contribution in [3.8, 4) is 11.1 Å². The summed E-state index contributed by atoms with van der Waals surface area (Å²) in [7, 11) is -3.54. The minimum Gasteiger partial charge on any atom is -0.329 e. The zero-order valence-electron chi connectivity index (χ0n) is 12.3. The maximum Gasteiger partial charge on any atom is 0.240 e. The van der Waals surface area contributed by atoms with Crippen LogP contribution in [-0.4, -0.2) is 21.0 Å². The monoisotopic (exact) mass is 316 g/mol. The fourth-order valence-corrected chi connectivity index (χ4v) is 3.94. The van der Waals surface area contributed by atoms with Crippen molar-refractivity contribution in [1.82, 2.24) is 4.72 Å². The van der Waals surface area contributed by atoms with Crippen LogP contribution < -0.4 is 10.5 Å². The first-order valence-corrected chi connectivity index (χ1v) is 8.96. The van der Waals surface area contributed by atoms with Crippen molar-refractivity contribution in [3.63, 3.8) is 0 Å². The van der Waals surface area contributed by atoms with Gasteiger partial charge in [0.15, 0.2) is 0 Å². The van der Waals surface area contributed by atoms with E-state index in [0.717, 1.165) is 24.0 Å². The highest BCUT2D eigenvalue weighted by molar-refractivity contribution is 7.89. The van der Waals surface area contributed by atoms with E-state index >= 15 is 0 Å². The van der Waals surface area contributed by atoms with E-state index in [9.17, 15) is 8.42 Å². The lowest BCUT2D eigenvalue weighted by atomic mass is 10.1. The highest BCUT2D eigenvalue weighted by Crippen LogP contribution is 2.33. The van der Waals surface area contributed by atoms with E-state index in [1.807, 2.05) is 36.4 Å². The van der Waals surface area contributed by atoms with Crippen LogP contribution in [0.1, 0.15) is 12.8 Å². The summed E-state index contributed by atoms with van der Waals surface area (Å²) >= 11 is 0.